The molecule has 0 spiro atoms. The van der Waals surface area contributed by atoms with Crippen LogP contribution in [0.2, 0.25) is 0 Å². The first-order valence-electron chi connectivity index (χ1n) is 16.9. The van der Waals surface area contributed by atoms with Gasteiger partial charge in [-0.15, -0.1) is 5.11 Å². The number of carbonyl (C=O) groups excluding carboxylic acids is 1. The lowest BCUT2D eigenvalue weighted by atomic mass is 10.1. The highest BCUT2D eigenvalue weighted by molar-refractivity contribution is 6.00. The molecule has 0 fully saturated rings. The molecule has 4 aromatic carbocycles. The summed E-state index contributed by atoms with van der Waals surface area (Å²) in [6.07, 6.45) is 11.7. The summed E-state index contributed by atoms with van der Waals surface area (Å²) in [4.78, 5) is 12.8. The predicted molar refractivity (Wildman–Crippen MR) is 189 cm³/mol. The molecule has 0 unspecified atom stereocenters. The second kappa shape index (κ2) is 18.5. The Morgan fingerprint density at radius 2 is 1.11 bits per heavy atom. The van der Waals surface area contributed by atoms with Crippen LogP contribution >= 0.6 is 0 Å². The molecule has 0 aliphatic heterocycles. The first-order chi connectivity index (χ1) is 22.8. The zero-order valence-corrected chi connectivity index (χ0v) is 28.3. The van der Waals surface area contributed by atoms with Crippen LogP contribution in [0.15, 0.2) is 105 Å². The minimum absolute atomic E-state index is 0.216. The molecule has 0 saturated heterocycles. The second-order valence-corrected chi connectivity index (χ2v) is 12.6. The Kier molecular flexibility index (Phi) is 13.9. The van der Waals surface area contributed by atoms with Gasteiger partial charge in [-0.3, -0.25) is 0 Å². The molecule has 0 heterocycles. The Morgan fingerprint density at radius 3 is 1.70 bits per heavy atom. The van der Waals surface area contributed by atoms with Gasteiger partial charge in [0.25, 0.3) is 0 Å². The van der Waals surface area contributed by atoms with Crippen LogP contribution in [0.1, 0.15) is 91.9 Å². The normalized spacial score (nSPS) is 11.8. The van der Waals surface area contributed by atoms with Gasteiger partial charge in [0.2, 0.25) is 0 Å². The zero-order valence-electron chi connectivity index (χ0n) is 28.3. The first kappa shape index (κ1) is 35.3. The molecule has 4 rings (SSSR count). The van der Waals surface area contributed by atoms with E-state index >= 15 is 0 Å². The molecule has 0 atom stereocenters. The Bertz CT molecular complexity index is 1600. The Hall–Kier alpha value is -4.59. The molecule has 0 N–H and O–H groups in total. The van der Waals surface area contributed by atoms with E-state index in [1.54, 1.807) is 26.8 Å². The summed E-state index contributed by atoms with van der Waals surface area (Å²) in [5.74, 6) is 0.843. The van der Waals surface area contributed by atoms with E-state index in [9.17, 15) is 4.79 Å². The molecule has 8 nitrogen and oxygen atoms in total. The number of azo groups is 2. The smallest absolute Gasteiger partial charge is 0.493 e. The van der Waals surface area contributed by atoms with E-state index in [0.717, 1.165) is 29.3 Å². The van der Waals surface area contributed by atoms with E-state index in [1.165, 1.54) is 51.4 Å². The molecular formula is C39H48N4O4. The minimum Gasteiger partial charge on any atom is -0.493 e. The molecule has 0 aliphatic carbocycles. The summed E-state index contributed by atoms with van der Waals surface area (Å²) in [6, 6.07) is 26.3. The van der Waals surface area contributed by atoms with Crippen molar-refractivity contribution >= 4 is 39.7 Å². The monoisotopic (exact) mass is 636 g/mol. The van der Waals surface area contributed by atoms with Gasteiger partial charge in [-0.2, -0.15) is 15.3 Å². The lowest BCUT2D eigenvalue weighted by molar-refractivity contribution is 0.0207. The summed E-state index contributed by atoms with van der Waals surface area (Å²) >= 11 is 0. The SMILES string of the molecule is CCCCCCCCCCCCOc1cc(OC(=O)OC(C)(C)C)c(/N=N/c2ccc(/N=N/c3ccccc3)cc2)c2ccccc12. The van der Waals surface area contributed by atoms with E-state index in [-0.39, 0.29) is 5.75 Å². The number of ether oxygens (including phenoxy) is 3. The number of nitrogens with zero attached hydrogens (tertiary/aromatic N) is 4. The highest BCUT2D eigenvalue weighted by atomic mass is 16.7. The fourth-order valence-electron chi connectivity index (χ4n) is 5.04. The number of hydrogen-bond acceptors (Lipinski definition) is 8. The zero-order chi connectivity index (χ0) is 33.3. The number of unbranched alkanes of at least 4 members (excludes halogenated alkanes) is 9. The molecule has 0 radical (unpaired) electrons. The van der Waals surface area contributed by atoms with Crippen LogP contribution in [-0.2, 0) is 4.74 Å². The minimum atomic E-state index is -0.821. The summed E-state index contributed by atoms with van der Waals surface area (Å²) in [6.45, 7) is 8.20. The highest BCUT2D eigenvalue weighted by Crippen LogP contribution is 2.43. The first-order valence-corrected chi connectivity index (χ1v) is 16.9. The van der Waals surface area contributed by atoms with Crippen molar-refractivity contribution in [1.29, 1.82) is 0 Å². The third-order valence-corrected chi connectivity index (χ3v) is 7.43. The average Bonchev–Trinajstić information content (AvgIpc) is 3.06. The molecule has 0 aliphatic rings. The van der Waals surface area contributed by atoms with Gasteiger partial charge in [0.1, 0.15) is 17.0 Å². The van der Waals surface area contributed by atoms with Crippen LogP contribution < -0.4 is 9.47 Å². The van der Waals surface area contributed by atoms with Crippen LogP contribution in [-0.4, -0.2) is 18.4 Å². The Morgan fingerprint density at radius 1 is 0.596 bits per heavy atom. The number of hydrogen-bond donors (Lipinski definition) is 0. The second-order valence-electron chi connectivity index (χ2n) is 12.6. The van der Waals surface area contributed by atoms with Crippen molar-refractivity contribution in [3.8, 4) is 11.5 Å². The van der Waals surface area contributed by atoms with Gasteiger partial charge in [-0.25, -0.2) is 4.79 Å². The van der Waals surface area contributed by atoms with Gasteiger partial charge in [-0.05, 0) is 63.6 Å². The summed E-state index contributed by atoms with van der Waals surface area (Å²) < 4.78 is 17.5. The Labute approximate surface area is 279 Å². The fraction of sp³-hybridized carbons (Fsp3) is 0.410. The maximum Gasteiger partial charge on any atom is 0.514 e. The topological polar surface area (TPSA) is 94.2 Å². The van der Waals surface area contributed by atoms with Crippen molar-refractivity contribution in [1.82, 2.24) is 0 Å². The van der Waals surface area contributed by atoms with E-state index in [0.29, 0.717) is 29.4 Å². The van der Waals surface area contributed by atoms with Gasteiger partial charge in [-0.1, -0.05) is 107 Å². The van der Waals surface area contributed by atoms with Crippen molar-refractivity contribution in [2.75, 3.05) is 6.61 Å². The van der Waals surface area contributed by atoms with Gasteiger partial charge < -0.3 is 14.2 Å². The molecule has 248 valence electrons. The average molecular weight is 637 g/mol. The lowest BCUT2D eigenvalue weighted by Gasteiger charge is -2.20. The summed E-state index contributed by atoms with van der Waals surface area (Å²) in [5, 5.41) is 19.2. The van der Waals surface area contributed by atoms with Gasteiger partial charge in [0.05, 0.1) is 23.7 Å². The van der Waals surface area contributed by atoms with Crippen LogP contribution in [0, 0.1) is 0 Å². The van der Waals surface area contributed by atoms with Crippen LogP contribution in [0.3, 0.4) is 0 Å². The molecular weight excluding hydrogens is 588 g/mol. The third-order valence-electron chi connectivity index (χ3n) is 7.43. The number of benzene rings is 4. The van der Waals surface area contributed by atoms with Crippen molar-refractivity contribution in [3.05, 3.63) is 84.9 Å². The molecule has 0 aromatic heterocycles. The lowest BCUT2D eigenvalue weighted by Crippen LogP contribution is -2.26. The van der Waals surface area contributed by atoms with Crippen LogP contribution in [0.5, 0.6) is 11.5 Å². The van der Waals surface area contributed by atoms with Gasteiger partial charge >= 0.3 is 6.16 Å². The highest BCUT2D eigenvalue weighted by Gasteiger charge is 2.22. The molecule has 4 aromatic rings. The fourth-order valence-corrected chi connectivity index (χ4v) is 5.04. The van der Waals surface area contributed by atoms with E-state index in [2.05, 4.69) is 27.4 Å². The van der Waals surface area contributed by atoms with Crippen molar-refractivity contribution in [2.45, 2.75) is 97.5 Å². The Balaban J connectivity index is 1.48. The quantitative estimate of drug-likeness (QED) is 0.0498. The van der Waals surface area contributed by atoms with Gasteiger partial charge in [0, 0.05) is 16.8 Å². The number of fused-ring (bicyclic) bond motifs is 1. The summed E-state index contributed by atoms with van der Waals surface area (Å²) in [5.41, 5.74) is 1.76. The predicted octanol–water partition coefficient (Wildman–Crippen LogP) is 13.3. The third kappa shape index (κ3) is 12.3. The molecule has 47 heavy (non-hydrogen) atoms. The summed E-state index contributed by atoms with van der Waals surface area (Å²) in [7, 11) is 0. The molecule has 0 bridgehead atoms. The molecule has 0 saturated carbocycles. The van der Waals surface area contributed by atoms with Crippen molar-refractivity contribution < 1.29 is 19.0 Å². The maximum absolute atomic E-state index is 12.8. The van der Waals surface area contributed by atoms with E-state index < -0.39 is 11.8 Å². The van der Waals surface area contributed by atoms with Crippen molar-refractivity contribution in [2.24, 2.45) is 20.5 Å². The maximum atomic E-state index is 12.8. The van der Waals surface area contributed by atoms with Crippen molar-refractivity contribution in [3.63, 3.8) is 0 Å². The van der Waals surface area contributed by atoms with Gasteiger partial charge in [0.15, 0.2) is 5.75 Å². The van der Waals surface area contributed by atoms with Crippen LogP contribution in [0.25, 0.3) is 10.8 Å². The molecule has 8 heteroatoms. The van der Waals surface area contributed by atoms with Crippen LogP contribution in [0.4, 0.5) is 27.5 Å². The standard InChI is InChI=1S/C39H48N4O4/c1-5-6-7-8-9-10-11-12-13-19-28-45-35-29-36(46-38(44)47-39(2,3)4)37(34-23-18-17-22-33(34)35)43-42-32-26-24-31(25-27-32)41-40-30-20-15-14-16-21-30/h14-18,20-27,29H,5-13,19,28H2,1-4H3/b41-40+,43-42+. The number of carbonyl (C=O) groups is 1. The van der Waals surface area contributed by atoms with E-state index in [4.69, 9.17) is 14.2 Å². The number of rotatable bonds is 17. The largest absolute Gasteiger partial charge is 0.514 e. The van der Waals surface area contributed by atoms with E-state index in [1.807, 2.05) is 78.9 Å². The molecule has 0 amide bonds.